The van der Waals surface area contributed by atoms with Crippen molar-refractivity contribution in [3.05, 3.63) is 29.7 Å². The molecule has 3 rings (SSSR count). The van der Waals surface area contributed by atoms with E-state index >= 15 is 0 Å². The summed E-state index contributed by atoms with van der Waals surface area (Å²) in [5, 5.41) is 11.1. The summed E-state index contributed by atoms with van der Waals surface area (Å²) in [6.07, 6.45) is -1.38. The van der Waals surface area contributed by atoms with E-state index < -0.39 is 18.3 Å². The Labute approximate surface area is 119 Å². The average molecular weight is 299 g/mol. The molecule has 0 spiro atoms. The third kappa shape index (κ3) is 2.28. The fourth-order valence-corrected chi connectivity index (χ4v) is 2.84. The molecule has 1 N–H and O–H groups in total. The van der Waals surface area contributed by atoms with Gasteiger partial charge in [0.25, 0.3) is 0 Å². The molecule has 0 saturated heterocycles. The van der Waals surface area contributed by atoms with E-state index in [1.165, 1.54) is 6.20 Å². The highest BCUT2D eigenvalue weighted by molar-refractivity contribution is 5.42. The SMILES string of the molecule is CCn1ncc(C2CC(C(F)(F)F)n3nccc3N2)c1C. The minimum atomic E-state index is -4.32. The maximum Gasteiger partial charge on any atom is 0.410 e. The maximum absolute atomic E-state index is 13.2. The normalized spacial score (nSPS) is 22.0. The van der Waals surface area contributed by atoms with Crippen molar-refractivity contribution in [3.8, 4) is 0 Å². The first-order valence-corrected chi connectivity index (χ1v) is 6.81. The number of aryl methyl sites for hydroxylation is 1. The summed E-state index contributed by atoms with van der Waals surface area (Å²) < 4.78 is 42.5. The quantitative estimate of drug-likeness (QED) is 0.927. The molecule has 0 aromatic carbocycles. The van der Waals surface area contributed by atoms with Crippen LogP contribution in [0, 0.1) is 6.92 Å². The van der Waals surface area contributed by atoms with Crippen molar-refractivity contribution in [2.75, 3.05) is 5.32 Å². The molecule has 2 aromatic heterocycles. The second-order valence-electron chi connectivity index (χ2n) is 5.15. The minimum absolute atomic E-state index is 0.0889. The Morgan fingerprint density at radius 3 is 2.76 bits per heavy atom. The predicted octanol–water partition coefficient (Wildman–Crippen LogP) is 3.07. The van der Waals surface area contributed by atoms with E-state index in [2.05, 4.69) is 15.5 Å². The Hall–Kier alpha value is -1.99. The first kappa shape index (κ1) is 14.0. The van der Waals surface area contributed by atoms with Crippen LogP contribution in [-0.4, -0.2) is 25.7 Å². The van der Waals surface area contributed by atoms with Crippen LogP contribution in [-0.2, 0) is 6.54 Å². The summed E-state index contributed by atoms with van der Waals surface area (Å²) in [5.74, 6) is 0.386. The molecule has 0 amide bonds. The lowest BCUT2D eigenvalue weighted by atomic mass is 9.97. The van der Waals surface area contributed by atoms with Gasteiger partial charge in [-0.1, -0.05) is 0 Å². The molecule has 1 aliphatic heterocycles. The number of alkyl halides is 3. The highest BCUT2D eigenvalue weighted by atomic mass is 19.4. The number of hydrogen-bond acceptors (Lipinski definition) is 3. The van der Waals surface area contributed by atoms with E-state index in [9.17, 15) is 13.2 Å². The number of anilines is 1. The molecule has 21 heavy (non-hydrogen) atoms. The molecule has 0 bridgehead atoms. The van der Waals surface area contributed by atoms with Crippen LogP contribution in [0.3, 0.4) is 0 Å². The zero-order valence-electron chi connectivity index (χ0n) is 11.7. The van der Waals surface area contributed by atoms with Gasteiger partial charge in [-0.05, 0) is 13.8 Å². The Kier molecular flexibility index (Phi) is 3.18. The first-order chi connectivity index (χ1) is 9.91. The lowest BCUT2D eigenvalue weighted by molar-refractivity contribution is -0.173. The van der Waals surface area contributed by atoms with Gasteiger partial charge in [-0.2, -0.15) is 23.4 Å². The molecule has 2 aromatic rings. The average Bonchev–Trinajstić information content (AvgIpc) is 3.02. The van der Waals surface area contributed by atoms with Gasteiger partial charge in [0.15, 0.2) is 6.04 Å². The van der Waals surface area contributed by atoms with E-state index in [4.69, 9.17) is 0 Å². The molecule has 8 heteroatoms. The largest absolute Gasteiger partial charge is 0.410 e. The van der Waals surface area contributed by atoms with Gasteiger partial charge in [-0.15, -0.1) is 0 Å². The monoisotopic (exact) mass is 299 g/mol. The number of nitrogens with zero attached hydrogens (tertiary/aromatic N) is 4. The van der Waals surface area contributed by atoms with Crippen molar-refractivity contribution in [3.63, 3.8) is 0 Å². The van der Waals surface area contributed by atoms with E-state index in [0.29, 0.717) is 12.4 Å². The summed E-state index contributed by atoms with van der Waals surface area (Å²) in [4.78, 5) is 0. The van der Waals surface area contributed by atoms with E-state index in [0.717, 1.165) is 15.9 Å². The van der Waals surface area contributed by atoms with E-state index in [-0.39, 0.29) is 6.42 Å². The van der Waals surface area contributed by atoms with Crippen LogP contribution in [0.2, 0.25) is 0 Å². The minimum Gasteiger partial charge on any atom is -0.363 e. The topological polar surface area (TPSA) is 47.7 Å². The number of nitrogens with one attached hydrogen (secondary N) is 1. The third-order valence-electron chi connectivity index (χ3n) is 3.94. The highest BCUT2D eigenvalue weighted by Crippen LogP contribution is 2.43. The molecule has 2 atom stereocenters. The molecule has 0 aliphatic carbocycles. The van der Waals surface area contributed by atoms with Crippen molar-refractivity contribution < 1.29 is 13.2 Å². The lowest BCUT2D eigenvalue weighted by Gasteiger charge is -2.33. The van der Waals surface area contributed by atoms with Crippen LogP contribution in [0.5, 0.6) is 0 Å². The van der Waals surface area contributed by atoms with Gasteiger partial charge in [-0.25, -0.2) is 4.68 Å². The second kappa shape index (κ2) is 4.78. The van der Waals surface area contributed by atoms with Crippen molar-refractivity contribution in [2.45, 2.75) is 45.1 Å². The van der Waals surface area contributed by atoms with Gasteiger partial charge in [0, 0.05) is 30.3 Å². The van der Waals surface area contributed by atoms with Crippen LogP contribution in [0.4, 0.5) is 19.0 Å². The van der Waals surface area contributed by atoms with E-state index in [1.54, 1.807) is 16.9 Å². The van der Waals surface area contributed by atoms with Crippen LogP contribution in [0.25, 0.3) is 0 Å². The van der Waals surface area contributed by atoms with Gasteiger partial charge in [-0.3, -0.25) is 4.68 Å². The summed E-state index contributed by atoms with van der Waals surface area (Å²) in [5.41, 5.74) is 1.70. The zero-order valence-corrected chi connectivity index (χ0v) is 11.7. The molecule has 1 aliphatic rings. The van der Waals surface area contributed by atoms with Gasteiger partial charge in [0.2, 0.25) is 0 Å². The smallest absolute Gasteiger partial charge is 0.363 e. The fraction of sp³-hybridized carbons (Fsp3) is 0.538. The molecule has 3 heterocycles. The Bertz CT molecular complexity index is 643. The van der Waals surface area contributed by atoms with Crippen molar-refractivity contribution in [2.24, 2.45) is 0 Å². The molecule has 114 valence electrons. The Balaban J connectivity index is 1.98. The first-order valence-electron chi connectivity index (χ1n) is 6.81. The summed E-state index contributed by atoms with van der Waals surface area (Å²) >= 11 is 0. The van der Waals surface area contributed by atoms with Gasteiger partial charge in [0.1, 0.15) is 5.82 Å². The molecule has 5 nitrogen and oxygen atoms in total. The van der Waals surface area contributed by atoms with Gasteiger partial charge >= 0.3 is 6.18 Å². The van der Waals surface area contributed by atoms with Crippen molar-refractivity contribution in [1.29, 1.82) is 0 Å². The number of halogens is 3. The Morgan fingerprint density at radius 1 is 1.38 bits per heavy atom. The lowest BCUT2D eigenvalue weighted by Crippen LogP contribution is -2.35. The maximum atomic E-state index is 13.2. The fourth-order valence-electron chi connectivity index (χ4n) is 2.84. The number of aromatic nitrogens is 4. The molecule has 0 radical (unpaired) electrons. The van der Waals surface area contributed by atoms with E-state index in [1.807, 2.05) is 13.8 Å². The third-order valence-corrected chi connectivity index (χ3v) is 3.94. The molecular weight excluding hydrogens is 283 g/mol. The summed E-state index contributed by atoms with van der Waals surface area (Å²) in [6, 6.07) is -0.468. The molecular formula is C13H16F3N5. The van der Waals surface area contributed by atoms with Crippen LogP contribution in [0.15, 0.2) is 18.5 Å². The molecule has 0 saturated carbocycles. The zero-order chi connectivity index (χ0) is 15.2. The second-order valence-corrected chi connectivity index (χ2v) is 5.15. The summed E-state index contributed by atoms with van der Waals surface area (Å²) in [6.45, 7) is 4.52. The number of fused-ring (bicyclic) bond motifs is 1. The van der Waals surface area contributed by atoms with Crippen LogP contribution < -0.4 is 5.32 Å². The van der Waals surface area contributed by atoms with Crippen LogP contribution in [0.1, 0.15) is 36.7 Å². The predicted molar refractivity (Wildman–Crippen MR) is 70.9 cm³/mol. The molecule has 2 unspecified atom stereocenters. The Morgan fingerprint density at radius 2 is 2.14 bits per heavy atom. The van der Waals surface area contributed by atoms with Crippen molar-refractivity contribution in [1.82, 2.24) is 19.6 Å². The number of hydrogen-bond donors (Lipinski definition) is 1. The van der Waals surface area contributed by atoms with Crippen LogP contribution >= 0.6 is 0 Å². The molecule has 0 fully saturated rings. The van der Waals surface area contributed by atoms with Crippen molar-refractivity contribution >= 4 is 5.82 Å². The van der Waals surface area contributed by atoms with Gasteiger partial charge < -0.3 is 5.32 Å². The standard InChI is InChI=1S/C13H16F3N5/c1-3-20-8(2)9(7-18-20)10-6-11(13(14,15)16)21-12(19-10)4-5-17-21/h4-5,7,10-11,19H,3,6H2,1-2H3. The summed E-state index contributed by atoms with van der Waals surface area (Å²) in [7, 11) is 0. The highest BCUT2D eigenvalue weighted by Gasteiger charge is 2.46. The number of rotatable bonds is 2. The van der Waals surface area contributed by atoms with Gasteiger partial charge in [0.05, 0.1) is 18.4 Å².